The topological polar surface area (TPSA) is 26.3 Å². The van der Waals surface area contributed by atoms with Crippen molar-refractivity contribution in [3.8, 4) is 0 Å². The summed E-state index contributed by atoms with van der Waals surface area (Å²) in [5, 5.41) is 0. The van der Waals surface area contributed by atoms with Crippen molar-refractivity contribution in [3.63, 3.8) is 0 Å². The fraction of sp³-hybridized carbons (Fsp3) is 0.824. The molecule has 2 saturated carbocycles. The Balaban J connectivity index is 2.26. The van der Waals surface area contributed by atoms with E-state index in [1.165, 1.54) is 57.4 Å². The van der Waals surface area contributed by atoms with E-state index in [1.54, 1.807) is 6.92 Å². The molecular weight excluding hydrogens is 264 g/mol. The van der Waals surface area contributed by atoms with Crippen LogP contribution in [0.4, 0.5) is 0 Å². The summed E-state index contributed by atoms with van der Waals surface area (Å²) in [6.07, 6.45) is 11.7. The maximum absolute atomic E-state index is 12.3. The molecule has 20 heavy (non-hydrogen) atoms. The third kappa shape index (κ3) is 3.18. The highest BCUT2D eigenvalue weighted by Crippen LogP contribution is 2.52. The van der Waals surface area contributed by atoms with Crippen LogP contribution in [0.1, 0.15) is 71.6 Å². The molecule has 0 bridgehead atoms. The van der Waals surface area contributed by atoms with Crippen LogP contribution in [0.15, 0.2) is 12.2 Å². The zero-order valence-corrected chi connectivity index (χ0v) is 14.2. The van der Waals surface area contributed by atoms with Gasteiger partial charge >= 0.3 is 5.97 Å². The molecule has 0 radical (unpaired) electrons. The number of carbonyl (C=O) groups is 1. The van der Waals surface area contributed by atoms with Crippen molar-refractivity contribution in [1.82, 2.24) is 0 Å². The first-order valence-corrected chi connectivity index (χ1v) is 10.8. The van der Waals surface area contributed by atoms with E-state index in [1.807, 2.05) is 0 Å². The Labute approximate surface area is 125 Å². The predicted molar refractivity (Wildman–Crippen MR) is 86.2 cm³/mol. The molecule has 2 rings (SSSR count). The molecule has 2 fully saturated rings. The van der Waals surface area contributed by atoms with Gasteiger partial charge in [0.05, 0.1) is 0 Å². The molecule has 0 heterocycles. The highest BCUT2D eigenvalue weighted by Gasteiger charge is 2.52. The molecule has 0 spiro atoms. The Hall–Kier alpha value is -0.573. The van der Waals surface area contributed by atoms with E-state index in [2.05, 4.69) is 13.5 Å². The highest BCUT2D eigenvalue weighted by molar-refractivity contribution is 6.78. The molecule has 0 aromatic carbocycles. The molecule has 0 saturated heterocycles. The molecule has 2 aliphatic carbocycles. The maximum atomic E-state index is 12.3. The Bertz CT molecular complexity index is 336. The van der Waals surface area contributed by atoms with E-state index < -0.39 is 8.32 Å². The third-order valence-corrected chi connectivity index (χ3v) is 11.1. The minimum atomic E-state index is -1.97. The molecule has 0 unspecified atom stereocenters. The second kappa shape index (κ2) is 6.93. The number of hydrogen-bond donors (Lipinski definition) is 0. The van der Waals surface area contributed by atoms with Crippen molar-refractivity contribution < 1.29 is 9.22 Å². The van der Waals surface area contributed by atoms with E-state index in [-0.39, 0.29) is 5.97 Å². The summed E-state index contributed by atoms with van der Waals surface area (Å²) < 4.78 is 6.31. The molecule has 114 valence electrons. The van der Waals surface area contributed by atoms with Crippen molar-refractivity contribution in [2.24, 2.45) is 0 Å². The van der Waals surface area contributed by atoms with Crippen LogP contribution in [0, 0.1) is 0 Å². The fourth-order valence-corrected chi connectivity index (χ4v) is 10.4. The van der Waals surface area contributed by atoms with Crippen molar-refractivity contribution in [1.29, 1.82) is 0 Å². The monoisotopic (exact) mass is 294 g/mol. The second-order valence-electron chi connectivity index (χ2n) is 6.84. The van der Waals surface area contributed by atoms with Gasteiger partial charge < -0.3 is 4.43 Å². The Morgan fingerprint density at radius 1 is 1.10 bits per heavy atom. The van der Waals surface area contributed by atoms with Crippen molar-refractivity contribution >= 4 is 14.3 Å². The van der Waals surface area contributed by atoms with Gasteiger partial charge in [-0.1, -0.05) is 45.6 Å². The minimum absolute atomic E-state index is 0.107. The molecule has 2 aliphatic rings. The van der Waals surface area contributed by atoms with Crippen LogP contribution in [0.2, 0.25) is 17.1 Å². The fourth-order valence-electron chi connectivity index (χ4n) is 4.44. The first-order chi connectivity index (χ1) is 9.60. The average molecular weight is 295 g/mol. The lowest BCUT2D eigenvalue weighted by Gasteiger charge is -2.41. The largest absolute Gasteiger partial charge is 0.515 e. The molecule has 0 aromatic heterocycles. The van der Waals surface area contributed by atoms with Gasteiger partial charge in [-0.2, -0.15) is 0 Å². The summed E-state index contributed by atoms with van der Waals surface area (Å²) in [4.78, 5) is 12.3. The number of hydrogen-bond acceptors (Lipinski definition) is 2. The number of carbonyl (C=O) groups excluding carboxylic acids is 1. The Kier molecular flexibility index (Phi) is 5.47. The van der Waals surface area contributed by atoms with Crippen LogP contribution < -0.4 is 0 Å². The van der Waals surface area contributed by atoms with E-state index in [0.29, 0.717) is 16.7 Å². The second-order valence-corrected chi connectivity index (χ2v) is 11.1. The lowest BCUT2D eigenvalue weighted by atomic mass is 10.3. The summed E-state index contributed by atoms with van der Waals surface area (Å²) in [5.41, 5.74) is 2.01. The Morgan fingerprint density at radius 2 is 1.55 bits per heavy atom. The average Bonchev–Trinajstić information content (AvgIpc) is 3.11. The van der Waals surface area contributed by atoms with Gasteiger partial charge in [0.15, 0.2) is 0 Å². The van der Waals surface area contributed by atoms with E-state index in [9.17, 15) is 4.79 Å². The molecule has 0 N–H and O–H groups in total. The van der Waals surface area contributed by atoms with Gasteiger partial charge in [0.2, 0.25) is 0 Å². The Morgan fingerprint density at radius 3 is 1.90 bits per heavy atom. The van der Waals surface area contributed by atoms with Crippen LogP contribution in [-0.2, 0) is 9.22 Å². The third-order valence-electron chi connectivity index (χ3n) is 5.36. The standard InChI is InChI=1S/C17H30O2Si/c1-4-13-20(15-9-5-6-10-15,16-11-7-8-12-16)19-17(18)14(2)3/h15-16H,2,4-13H2,1,3H3. The summed E-state index contributed by atoms with van der Waals surface area (Å²) in [7, 11) is -1.97. The van der Waals surface area contributed by atoms with Gasteiger partial charge in [0.1, 0.15) is 0 Å². The van der Waals surface area contributed by atoms with Crippen molar-refractivity contribution in [2.45, 2.75) is 88.8 Å². The quantitative estimate of drug-likeness (QED) is 0.487. The molecule has 0 aromatic rings. The molecule has 0 amide bonds. The number of rotatable bonds is 6. The summed E-state index contributed by atoms with van der Waals surface area (Å²) in [5.74, 6) is -0.107. The first kappa shape index (κ1) is 15.8. The minimum Gasteiger partial charge on any atom is -0.515 e. The van der Waals surface area contributed by atoms with Crippen molar-refractivity contribution in [3.05, 3.63) is 12.2 Å². The SMILES string of the molecule is C=C(C)C(=O)O[Si](CCC)(C1CCCC1)C1CCCC1. The van der Waals surface area contributed by atoms with Gasteiger partial charge in [0, 0.05) is 5.57 Å². The van der Waals surface area contributed by atoms with Gasteiger partial charge in [-0.25, -0.2) is 4.79 Å². The van der Waals surface area contributed by atoms with Crippen LogP contribution in [0.5, 0.6) is 0 Å². The van der Waals surface area contributed by atoms with Crippen LogP contribution in [0.25, 0.3) is 0 Å². The molecule has 0 atom stereocenters. The van der Waals surface area contributed by atoms with Gasteiger partial charge in [-0.3, -0.25) is 0 Å². The summed E-state index contributed by atoms with van der Waals surface area (Å²) >= 11 is 0. The van der Waals surface area contributed by atoms with Crippen LogP contribution in [-0.4, -0.2) is 14.3 Å². The first-order valence-electron chi connectivity index (χ1n) is 8.49. The summed E-state index contributed by atoms with van der Waals surface area (Å²) in [6, 6.07) is 1.17. The lowest BCUT2D eigenvalue weighted by Crippen LogP contribution is -2.48. The molecule has 3 heteroatoms. The van der Waals surface area contributed by atoms with E-state index in [0.717, 1.165) is 6.42 Å². The molecule has 0 aliphatic heterocycles. The lowest BCUT2D eigenvalue weighted by molar-refractivity contribution is -0.131. The maximum Gasteiger partial charge on any atom is 0.319 e. The van der Waals surface area contributed by atoms with E-state index >= 15 is 0 Å². The zero-order valence-electron chi connectivity index (χ0n) is 13.2. The van der Waals surface area contributed by atoms with Gasteiger partial charge in [-0.15, -0.1) is 0 Å². The summed E-state index contributed by atoms with van der Waals surface area (Å²) in [6.45, 7) is 7.84. The van der Waals surface area contributed by atoms with Crippen LogP contribution >= 0.6 is 0 Å². The van der Waals surface area contributed by atoms with Gasteiger partial charge in [-0.05, 0) is 49.7 Å². The van der Waals surface area contributed by atoms with Gasteiger partial charge in [0.25, 0.3) is 8.32 Å². The highest BCUT2D eigenvalue weighted by atomic mass is 28.4. The predicted octanol–water partition coefficient (Wildman–Crippen LogP) is 5.35. The van der Waals surface area contributed by atoms with Crippen LogP contribution in [0.3, 0.4) is 0 Å². The zero-order chi connectivity index (χ0) is 14.6. The smallest absolute Gasteiger partial charge is 0.319 e. The normalized spacial score (nSPS) is 21.3. The molecule has 2 nitrogen and oxygen atoms in total. The van der Waals surface area contributed by atoms with Crippen molar-refractivity contribution in [2.75, 3.05) is 0 Å². The van der Waals surface area contributed by atoms with E-state index in [4.69, 9.17) is 4.43 Å². The molecular formula is C17H30O2Si.